The van der Waals surface area contributed by atoms with E-state index in [0.717, 1.165) is 12.8 Å². The van der Waals surface area contributed by atoms with Crippen molar-refractivity contribution in [2.24, 2.45) is 0 Å². The van der Waals surface area contributed by atoms with Crippen LogP contribution >= 0.6 is 24.0 Å². The van der Waals surface area contributed by atoms with Crippen molar-refractivity contribution >= 4 is 38.3 Å². The van der Waals surface area contributed by atoms with Crippen LogP contribution < -0.4 is 4.72 Å². The van der Waals surface area contributed by atoms with Crippen LogP contribution in [0.2, 0.25) is 0 Å². The number of hydrogen-bond acceptors (Lipinski definition) is 4. The Bertz CT molecular complexity index is 612. The summed E-state index contributed by atoms with van der Waals surface area (Å²) >= 11 is 6.14. The van der Waals surface area contributed by atoms with Crippen molar-refractivity contribution in [3.05, 3.63) is 29.8 Å². The lowest BCUT2D eigenvalue weighted by molar-refractivity contribution is 0.556. The third kappa shape index (κ3) is 9.93. The van der Waals surface area contributed by atoms with Gasteiger partial charge < -0.3 is 0 Å². The quantitative estimate of drug-likeness (QED) is 0.313. The Hall–Kier alpha value is -0.590. The van der Waals surface area contributed by atoms with E-state index in [1.165, 1.54) is 75.1 Å². The molecule has 0 radical (unpaired) electrons. The van der Waals surface area contributed by atoms with Crippen molar-refractivity contribution in [2.75, 3.05) is 6.26 Å². The van der Waals surface area contributed by atoms with Gasteiger partial charge in [0.1, 0.15) is 4.32 Å². The molecule has 0 aliphatic carbocycles. The fraction of sp³-hybridized carbons (Fsp3) is 0.650. The van der Waals surface area contributed by atoms with Crippen LogP contribution in [0.15, 0.2) is 29.2 Å². The zero-order chi connectivity index (χ0) is 19.3. The zero-order valence-corrected chi connectivity index (χ0v) is 18.6. The molecule has 0 aliphatic rings. The van der Waals surface area contributed by atoms with Gasteiger partial charge in [-0.3, -0.25) is 4.72 Å². The number of nitrogens with one attached hydrogen (secondary N) is 1. The maximum atomic E-state index is 12.1. The van der Waals surface area contributed by atoms with Gasteiger partial charge in [0.15, 0.2) is 0 Å². The van der Waals surface area contributed by atoms with E-state index in [4.69, 9.17) is 12.2 Å². The maximum Gasteiger partial charge on any atom is 0.262 e. The van der Waals surface area contributed by atoms with Crippen LogP contribution in [0.3, 0.4) is 0 Å². The van der Waals surface area contributed by atoms with E-state index in [0.29, 0.717) is 0 Å². The highest BCUT2D eigenvalue weighted by atomic mass is 32.2. The number of thioether (sulfide) groups is 1. The standard InChI is InChI=1S/C20H33NO2S3/c1-3-4-5-6-7-8-9-10-11-12-13-18-14-16-19(17-15-18)26(22,23)21-20(24)25-2/h14-17H,3-13H2,1-2H3,(H,21,24). The van der Waals surface area contributed by atoms with E-state index < -0.39 is 10.0 Å². The Morgan fingerprint density at radius 2 is 1.42 bits per heavy atom. The lowest BCUT2D eigenvalue weighted by Gasteiger charge is -2.08. The molecule has 6 heteroatoms. The summed E-state index contributed by atoms with van der Waals surface area (Å²) in [6.07, 6.45) is 16.0. The molecule has 0 fully saturated rings. The molecule has 0 amide bonds. The third-order valence-electron chi connectivity index (χ3n) is 4.46. The first-order valence-corrected chi connectivity index (χ1v) is 12.8. The number of rotatable bonds is 13. The molecule has 1 N–H and O–H groups in total. The molecule has 1 aromatic carbocycles. The van der Waals surface area contributed by atoms with E-state index in [2.05, 4.69) is 11.6 Å². The average Bonchev–Trinajstić information content (AvgIpc) is 2.63. The third-order valence-corrected chi connectivity index (χ3v) is 7.15. The highest BCUT2D eigenvalue weighted by molar-refractivity contribution is 8.23. The SMILES string of the molecule is CCCCCCCCCCCCc1ccc(S(=O)(=O)NC(=S)SC)cc1. The van der Waals surface area contributed by atoms with Crippen LogP contribution in [0.4, 0.5) is 0 Å². The second-order valence-corrected chi connectivity index (χ2v) is 9.84. The minimum Gasteiger partial charge on any atom is -0.264 e. The van der Waals surface area contributed by atoms with E-state index in [9.17, 15) is 8.42 Å². The maximum absolute atomic E-state index is 12.1. The molecular weight excluding hydrogens is 382 g/mol. The summed E-state index contributed by atoms with van der Waals surface area (Å²) < 4.78 is 26.9. The molecule has 0 saturated carbocycles. The molecule has 0 spiro atoms. The van der Waals surface area contributed by atoms with Crippen molar-refractivity contribution in [3.63, 3.8) is 0 Å². The lowest BCUT2D eigenvalue weighted by Crippen LogP contribution is -2.26. The molecule has 0 aliphatic heterocycles. The summed E-state index contributed by atoms with van der Waals surface area (Å²) in [6, 6.07) is 7.14. The smallest absolute Gasteiger partial charge is 0.262 e. The molecule has 3 nitrogen and oxygen atoms in total. The Morgan fingerprint density at radius 3 is 1.92 bits per heavy atom. The van der Waals surface area contributed by atoms with Crippen LogP contribution in [-0.2, 0) is 16.4 Å². The average molecular weight is 416 g/mol. The number of aryl methyl sites for hydroxylation is 1. The number of hydrogen-bond donors (Lipinski definition) is 1. The molecule has 0 heterocycles. The summed E-state index contributed by atoms with van der Waals surface area (Å²) in [5, 5.41) is 0. The van der Waals surface area contributed by atoms with Gasteiger partial charge in [-0.15, -0.1) is 0 Å². The van der Waals surface area contributed by atoms with E-state index in [1.54, 1.807) is 18.4 Å². The number of benzene rings is 1. The van der Waals surface area contributed by atoms with Crippen molar-refractivity contribution in [2.45, 2.75) is 82.4 Å². The molecule has 0 unspecified atom stereocenters. The minimum atomic E-state index is -3.54. The van der Waals surface area contributed by atoms with E-state index >= 15 is 0 Å². The molecule has 0 bridgehead atoms. The summed E-state index contributed by atoms with van der Waals surface area (Å²) in [4.78, 5) is 0.265. The fourth-order valence-corrected chi connectivity index (χ4v) is 4.69. The largest absolute Gasteiger partial charge is 0.264 e. The molecule has 0 saturated heterocycles. The van der Waals surface area contributed by atoms with E-state index in [1.807, 2.05) is 12.1 Å². The first-order chi connectivity index (χ1) is 12.5. The number of sulfonamides is 1. The summed E-state index contributed by atoms with van der Waals surface area (Å²) in [7, 11) is -3.54. The first-order valence-electron chi connectivity index (χ1n) is 9.69. The second kappa shape index (κ2) is 13.6. The predicted molar refractivity (Wildman–Crippen MR) is 118 cm³/mol. The van der Waals surface area contributed by atoms with Gasteiger partial charge in [-0.05, 0) is 36.8 Å². The summed E-state index contributed by atoms with van der Waals surface area (Å²) in [5.74, 6) is 0. The van der Waals surface area contributed by atoms with E-state index in [-0.39, 0.29) is 9.22 Å². The molecule has 1 rings (SSSR count). The molecular formula is C20H33NO2S3. The van der Waals surface area contributed by atoms with Gasteiger partial charge in [0, 0.05) is 0 Å². The normalized spacial score (nSPS) is 11.5. The summed E-state index contributed by atoms with van der Waals surface area (Å²) in [5.41, 5.74) is 1.19. The van der Waals surface area contributed by atoms with Gasteiger partial charge in [-0.25, -0.2) is 8.42 Å². The summed E-state index contributed by atoms with van der Waals surface area (Å²) in [6.45, 7) is 2.25. The van der Waals surface area contributed by atoms with Crippen LogP contribution in [0, 0.1) is 0 Å². The van der Waals surface area contributed by atoms with Crippen molar-refractivity contribution < 1.29 is 8.42 Å². The van der Waals surface area contributed by atoms with Crippen LogP contribution in [0.5, 0.6) is 0 Å². The van der Waals surface area contributed by atoms with Crippen molar-refractivity contribution in [1.82, 2.24) is 4.72 Å². The molecule has 148 valence electrons. The van der Waals surface area contributed by atoms with Gasteiger partial charge in [0.2, 0.25) is 0 Å². The number of unbranched alkanes of at least 4 members (excludes halogenated alkanes) is 9. The van der Waals surface area contributed by atoms with Crippen LogP contribution in [0.1, 0.15) is 76.7 Å². The Kier molecular flexibility index (Phi) is 12.2. The van der Waals surface area contributed by atoms with Crippen LogP contribution in [0.25, 0.3) is 0 Å². The Morgan fingerprint density at radius 1 is 0.923 bits per heavy atom. The monoisotopic (exact) mass is 415 g/mol. The first kappa shape index (κ1) is 23.4. The molecule has 1 aromatic rings. The van der Waals surface area contributed by atoms with Crippen molar-refractivity contribution in [1.29, 1.82) is 0 Å². The highest BCUT2D eigenvalue weighted by Gasteiger charge is 2.14. The van der Waals surface area contributed by atoms with Gasteiger partial charge >= 0.3 is 0 Å². The zero-order valence-electron chi connectivity index (χ0n) is 16.1. The predicted octanol–water partition coefficient (Wildman–Crippen LogP) is 6.08. The molecule has 26 heavy (non-hydrogen) atoms. The van der Waals surface area contributed by atoms with Gasteiger partial charge in [-0.1, -0.05) is 101 Å². The van der Waals surface area contributed by atoms with Gasteiger partial charge in [-0.2, -0.15) is 0 Å². The second-order valence-electron chi connectivity index (χ2n) is 6.67. The van der Waals surface area contributed by atoms with Crippen LogP contribution in [-0.4, -0.2) is 19.0 Å². The fourth-order valence-electron chi connectivity index (χ4n) is 2.86. The molecule has 0 atom stereocenters. The highest BCUT2D eigenvalue weighted by Crippen LogP contribution is 2.15. The lowest BCUT2D eigenvalue weighted by atomic mass is 10.0. The van der Waals surface area contributed by atoms with Gasteiger partial charge in [0.05, 0.1) is 4.90 Å². The Labute approximate surface area is 169 Å². The van der Waals surface area contributed by atoms with Gasteiger partial charge in [0.25, 0.3) is 10.0 Å². The molecule has 0 aromatic heterocycles. The Balaban J connectivity index is 2.22. The minimum absolute atomic E-state index is 0.263. The number of thiocarbonyl (C=S) groups is 1. The topological polar surface area (TPSA) is 46.2 Å². The van der Waals surface area contributed by atoms with Crippen molar-refractivity contribution in [3.8, 4) is 0 Å².